The van der Waals surface area contributed by atoms with E-state index in [1.807, 2.05) is 0 Å². The number of rotatable bonds is 23. The molecule has 0 aromatic heterocycles. The minimum atomic E-state index is -0.912. The zero-order valence-electron chi connectivity index (χ0n) is 22.2. The Kier molecular flexibility index (Phi) is 24.5. The lowest BCUT2D eigenvalue weighted by Crippen LogP contribution is -2.04. The maximum Gasteiger partial charge on any atom is 0.133 e. The lowest BCUT2D eigenvalue weighted by atomic mass is 10.0. The van der Waals surface area contributed by atoms with Crippen LogP contribution in [0.15, 0.2) is 48.6 Å². The highest BCUT2D eigenvalue weighted by atomic mass is 16.3. The van der Waals surface area contributed by atoms with E-state index < -0.39 is 24.4 Å². The molecule has 0 aromatic rings. The largest absolute Gasteiger partial charge is 0.389 e. The number of aliphatic hydroxyl groups excluding tert-OH is 4. The molecule has 0 saturated carbocycles. The smallest absolute Gasteiger partial charge is 0.133 e. The Balaban J connectivity index is 3.41. The summed E-state index contributed by atoms with van der Waals surface area (Å²) in [5.41, 5.74) is 0. The van der Waals surface area contributed by atoms with E-state index in [9.17, 15) is 20.4 Å². The molecule has 4 unspecified atom stereocenters. The number of terminal acetylenes is 2. The van der Waals surface area contributed by atoms with Gasteiger partial charge in [-0.25, -0.2) is 0 Å². The zero-order chi connectivity index (χ0) is 26.7. The maximum atomic E-state index is 9.79. The van der Waals surface area contributed by atoms with Crippen molar-refractivity contribution in [3.63, 3.8) is 0 Å². The van der Waals surface area contributed by atoms with Crippen molar-refractivity contribution < 1.29 is 20.4 Å². The van der Waals surface area contributed by atoms with Gasteiger partial charge in [0.25, 0.3) is 0 Å². The molecule has 0 saturated heterocycles. The Hall–Kier alpha value is -2.08. The second-order valence-corrected chi connectivity index (χ2v) is 9.35. The van der Waals surface area contributed by atoms with E-state index in [1.165, 1.54) is 50.7 Å². The van der Waals surface area contributed by atoms with E-state index in [2.05, 4.69) is 36.1 Å². The first-order chi connectivity index (χ1) is 17.5. The Labute approximate surface area is 220 Å². The second-order valence-electron chi connectivity index (χ2n) is 9.35. The van der Waals surface area contributed by atoms with E-state index in [0.29, 0.717) is 6.42 Å². The lowest BCUT2D eigenvalue weighted by Gasteiger charge is -2.06. The third kappa shape index (κ3) is 25.0. The minimum Gasteiger partial charge on any atom is -0.389 e. The van der Waals surface area contributed by atoms with Gasteiger partial charge in [0.1, 0.15) is 12.2 Å². The first-order valence-electron chi connectivity index (χ1n) is 13.8. The summed E-state index contributed by atoms with van der Waals surface area (Å²) in [7, 11) is 0. The van der Waals surface area contributed by atoms with Gasteiger partial charge in [-0.15, -0.1) is 12.8 Å². The van der Waals surface area contributed by atoms with Gasteiger partial charge in [-0.2, -0.15) is 0 Å². The minimum absolute atomic E-state index is 0.515. The maximum absolute atomic E-state index is 9.79. The second kappa shape index (κ2) is 26.0. The molecule has 36 heavy (non-hydrogen) atoms. The van der Waals surface area contributed by atoms with Gasteiger partial charge in [0.2, 0.25) is 0 Å². The molecule has 0 rings (SSSR count). The molecule has 0 aliphatic heterocycles. The van der Waals surface area contributed by atoms with E-state index >= 15 is 0 Å². The van der Waals surface area contributed by atoms with Crippen LogP contribution in [0, 0.1) is 24.7 Å². The van der Waals surface area contributed by atoms with Gasteiger partial charge in [-0.3, -0.25) is 0 Å². The molecule has 0 amide bonds. The molecule has 4 N–H and O–H groups in total. The summed E-state index contributed by atoms with van der Waals surface area (Å²) in [6, 6.07) is 0. The third-order valence-corrected chi connectivity index (χ3v) is 5.97. The molecular formula is C32H50O4. The summed E-state index contributed by atoms with van der Waals surface area (Å²) >= 11 is 0. The Bertz CT molecular complexity index is 692. The topological polar surface area (TPSA) is 80.9 Å². The fourth-order valence-electron chi connectivity index (χ4n) is 3.75. The molecule has 4 atom stereocenters. The van der Waals surface area contributed by atoms with Crippen molar-refractivity contribution >= 4 is 0 Å². The number of aliphatic hydroxyl groups is 4. The molecule has 4 heteroatoms. The van der Waals surface area contributed by atoms with Crippen LogP contribution in [0.4, 0.5) is 0 Å². The fraction of sp³-hybridized carbons (Fsp3) is 0.625. The van der Waals surface area contributed by atoms with Gasteiger partial charge >= 0.3 is 0 Å². The molecule has 0 radical (unpaired) electrons. The third-order valence-electron chi connectivity index (χ3n) is 5.97. The van der Waals surface area contributed by atoms with Crippen LogP contribution >= 0.6 is 0 Å². The average molecular weight is 499 g/mol. The summed E-state index contributed by atoms with van der Waals surface area (Å²) < 4.78 is 0. The lowest BCUT2D eigenvalue weighted by molar-refractivity contribution is 0.204. The van der Waals surface area contributed by atoms with Crippen molar-refractivity contribution in [2.75, 3.05) is 0 Å². The Morgan fingerprint density at radius 3 is 1.25 bits per heavy atom. The van der Waals surface area contributed by atoms with Gasteiger partial charge in [0, 0.05) is 0 Å². The monoisotopic (exact) mass is 498 g/mol. The van der Waals surface area contributed by atoms with Crippen molar-refractivity contribution in [1.29, 1.82) is 0 Å². The van der Waals surface area contributed by atoms with E-state index in [0.717, 1.165) is 57.8 Å². The molecule has 0 fully saturated rings. The highest BCUT2D eigenvalue weighted by molar-refractivity contribution is 5.08. The highest BCUT2D eigenvalue weighted by Crippen LogP contribution is 2.12. The van der Waals surface area contributed by atoms with Crippen LogP contribution in [0.2, 0.25) is 0 Å². The van der Waals surface area contributed by atoms with Crippen molar-refractivity contribution in [2.45, 2.75) is 127 Å². The van der Waals surface area contributed by atoms with Crippen LogP contribution in [0.1, 0.15) is 103 Å². The van der Waals surface area contributed by atoms with Crippen LogP contribution < -0.4 is 0 Å². The summed E-state index contributed by atoms with van der Waals surface area (Å²) in [6.07, 6.45) is 39.9. The first-order valence-corrected chi connectivity index (χ1v) is 13.8. The molecule has 0 spiro atoms. The van der Waals surface area contributed by atoms with Gasteiger partial charge in [0.05, 0.1) is 12.2 Å². The van der Waals surface area contributed by atoms with Crippen LogP contribution in [-0.4, -0.2) is 44.8 Å². The van der Waals surface area contributed by atoms with E-state index in [-0.39, 0.29) is 0 Å². The van der Waals surface area contributed by atoms with Crippen LogP contribution in [0.5, 0.6) is 0 Å². The predicted octanol–water partition coefficient (Wildman–Crippen LogP) is 6.16. The first kappa shape index (κ1) is 33.9. The SMILES string of the molecule is C#CC(O)C=CC(O)CCCCCC=CCC=CCCCCCCCCCCC(O)C=CC(O)C#C. The summed E-state index contributed by atoms with van der Waals surface area (Å²) in [4.78, 5) is 0. The normalized spacial score (nSPS) is 15.5. The van der Waals surface area contributed by atoms with Gasteiger partial charge in [0.15, 0.2) is 0 Å². The number of unbranched alkanes of at least 4 members (excludes halogenated alkanes) is 11. The van der Waals surface area contributed by atoms with Crippen LogP contribution in [-0.2, 0) is 0 Å². The molecule has 0 bridgehead atoms. The number of allylic oxidation sites excluding steroid dienone is 4. The number of hydrogen-bond acceptors (Lipinski definition) is 4. The molecule has 0 aliphatic rings. The van der Waals surface area contributed by atoms with Crippen molar-refractivity contribution in [2.24, 2.45) is 0 Å². The van der Waals surface area contributed by atoms with Crippen LogP contribution in [0.25, 0.3) is 0 Å². The van der Waals surface area contributed by atoms with Gasteiger partial charge in [-0.05, 0) is 57.1 Å². The number of hydrogen-bond donors (Lipinski definition) is 4. The van der Waals surface area contributed by atoms with Gasteiger partial charge in [-0.1, -0.05) is 106 Å². The Morgan fingerprint density at radius 2 is 0.833 bits per heavy atom. The van der Waals surface area contributed by atoms with Crippen molar-refractivity contribution in [3.05, 3.63) is 48.6 Å². The Morgan fingerprint density at radius 1 is 0.472 bits per heavy atom. The summed E-state index contributed by atoms with van der Waals surface area (Å²) in [5.74, 6) is 4.38. The van der Waals surface area contributed by atoms with Gasteiger partial charge < -0.3 is 20.4 Å². The summed E-state index contributed by atoms with van der Waals surface area (Å²) in [5, 5.41) is 38.0. The van der Waals surface area contributed by atoms with E-state index in [4.69, 9.17) is 12.8 Å². The highest BCUT2D eigenvalue weighted by Gasteiger charge is 2.01. The fourth-order valence-corrected chi connectivity index (χ4v) is 3.75. The quantitative estimate of drug-likeness (QED) is 0.0772. The standard InChI is InChI=1S/C32H50O4/c1-3-29(33)25-27-31(35)23-21-19-17-15-13-11-9-7-5-6-8-10-12-14-16-18-20-22-24-32(36)28-26-30(34)4-2/h1-2,5,7,11,13,25-36H,6,8-10,12,14-24H2. The molecule has 4 nitrogen and oxygen atoms in total. The van der Waals surface area contributed by atoms with Crippen molar-refractivity contribution in [1.82, 2.24) is 0 Å². The van der Waals surface area contributed by atoms with E-state index in [1.54, 1.807) is 12.2 Å². The summed E-state index contributed by atoms with van der Waals surface area (Å²) in [6.45, 7) is 0. The zero-order valence-corrected chi connectivity index (χ0v) is 22.2. The van der Waals surface area contributed by atoms with Crippen molar-refractivity contribution in [3.8, 4) is 24.7 Å². The average Bonchev–Trinajstić information content (AvgIpc) is 2.88. The molecule has 202 valence electrons. The molecular weight excluding hydrogens is 448 g/mol. The van der Waals surface area contributed by atoms with Crippen LogP contribution in [0.3, 0.4) is 0 Å². The molecule has 0 aromatic carbocycles. The predicted molar refractivity (Wildman–Crippen MR) is 152 cm³/mol. The molecule has 0 heterocycles. The molecule has 0 aliphatic carbocycles.